The standard InChI is InChI=1S/C6H4BrClN2O2/c1-12-6(11)4-5(8)10-3(7)2-9-4/h2H,1H3. The first kappa shape index (κ1) is 9.41. The summed E-state index contributed by atoms with van der Waals surface area (Å²) in [5.74, 6) is -0.597. The van der Waals surface area contributed by atoms with Crippen LogP contribution in [0, 0.1) is 0 Å². The van der Waals surface area contributed by atoms with Gasteiger partial charge < -0.3 is 4.74 Å². The van der Waals surface area contributed by atoms with Gasteiger partial charge in [0.2, 0.25) is 0 Å². The summed E-state index contributed by atoms with van der Waals surface area (Å²) in [5, 5.41) is 0.0243. The Morgan fingerprint density at radius 3 is 2.92 bits per heavy atom. The number of methoxy groups -OCH3 is 1. The average molecular weight is 251 g/mol. The maximum Gasteiger partial charge on any atom is 0.359 e. The van der Waals surface area contributed by atoms with Crippen LogP contribution in [0.15, 0.2) is 10.8 Å². The van der Waals surface area contributed by atoms with Gasteiger partial charge in [-0.05, 0) is 15.9 Å². The van der Waals surface area contributed by atoms with Crippen molar-refractivity contribution in [1.29, 1.82) is 0 Å². The number of ether oxygens (including phenoxy) is 1. The van der Waals surface area contributed by atoms with Gasteiger partial charge in [-0.15, -0.1) is 0 Å². The minimum absolute atomic E-state index is 0.0161. The normalized spacial score (nSPS) is 9.58. The highest BCUT2D eigenvalue weighted by atomic mass is 79.9. The van der Waals surface area contributed by atoms with Crippen molar-refractivity contribution in [3.8, 4) is 0 Å². The second kappa shape index (κ2) is 3.82. The third-order valence-electron chi connectivity index (χ3n) is 1.08. The van der Waals surface area contributed by atoms with Crippen LogP contribution in [-0.2, 0) is 4.74 Å². The topological polar surface area (TPSA) is 52.1 Å². The van der Waals surface area contributed by atoms with Crippen molar-refractivity contribution in [2.75, 3.05) is 7.11 Å². The largest absolute Gasteiger partial charge is 0.464 e. The third kappa shape index (κ3) is 1.92. The third-order valence-corrected chi connectivity index (χ3v) is 1.72. The van der Waals surface area contributed by atoms with E-state index in [0.717, 1.165) is 0 Å². The van der Waals surface area contributed by atoms with Crippen LogP contribution in [0.1, 0.15) is 10.5 Å². The molecule has 1 heterocycles. The Labute approximate surface area is 82.0 Å². The Morgan fingerprint density at radius 2 is 2.42 bits per heavy atom. The van der Waals surface area contributed by atoms with Crippen molar-refractivity contribution in [2.24, 2.45) is 0 Å². The summed E-state index contributed by atoms with van der Waals surface area (Å²) in [6.45, 7) is 0. The molecule has 0 saturated carbocycles. The summed E-state index contributed by atoms with van der Waals surface area (Å²) in [7, 11) is 1.25. The van der Waals surface area contributed by atoms with Gasteiger partial charge in [0.15, 0.2) is 10.8 Å². The molecule has 64 valence electrons. The lowest BCUT2D eigenvalue weighted by molar-refractivity contribution is 0.0593. The molecule has 0 aromatic carbocycles. The van der Waals surface area contributed by atoms with Crippen molar-refractivity contribution in [1.82, 2.24) is 9.97 Å². The van der Waals surface area contributed by atoms with E-state index in [1.807, 2.05) is 0 Å². The van der Waals surface area contributed by atoms with Crippen LogP contribution >= 0.6 is 27.5 Å². The van der Waals surface area contributed by atoms with Crippen LogP contribution in [0.2, 0.25) is 5.15 Å². The van der Waals surface area contributed by atoms with E-state index >= 15 is 0 Å². The molecule has 1 aromatic rings. The SMILES string of the molecule is COC(=O)c1ncc(Br)nc1Cl. The lowest BCUT2D eigenvalue weighted by Gasteiger charge is -1.99. The maximum absolute atomic E-state index is 10.9. The van der Waals surface area contributed by atoms with Crippen molar-refractivity contribution in [3.05, 3.63) is 21.6 Å². The van der Waals surface area contributed by atoms with Gasteiger partial charge in [0.1, 0.15) is 4.60 Å². The van der Waals surface area contributed by atoms with Gasteiger partial charge in [0.05, 0.1) is 13.3 Å². The van der Waals surface area contributed by atoms with Gasteiger partial charge in [-0.25, -0.2) is 14.8 Å². The van der Waals surface area contributed by atoms with Gasteiger partial charge in [-0.3, -0.25) is 0 Å². The van der Waals surface area contributed by atoms with Crippen LogP contribution in [0.5, 0.6) is 0 Å². The van der Waals surface area contributed by atoms with Gasteiger partial charge >= 0.3 is 5.97 Å². The van der Waals surface area contributed by atoms with Crippen molar-refractivity contribution in [2.45, 2.75) is 0 Å². The molecule has 1 aromatic heterocycles. The summed E-state index contributed by atoms with van der Waals surface area (Å²) in [6, 6.07) is 0. The van der Waals surface area contributed by atoms with Gasteiger partial charge in [-0.2, -0.15) is 0 Å². The Kier molecular flexibility index (Phi) is 2.99. The first-order chi connectivity index (χ1) is 5.65. The molecule has 0 aliphatic rings. The number of rotatable bonds is 1. The zero-order valence-corrected chi connectivity index (χ0v) is 8.39. The predicted molar refractivity (Wildman–Crippen MR) is 46.1 cm³/mol. The smallest absolute Gasteiger partial charge is 0.359 e. The summed E-state index contributed by atoms with van der Waals surface area (Å²) >= 11 is 8.66. The second-order valence-corrected chi connectivity index (χ2v) is 2.99. The van der Waals surface area contributed by atoms with Crippen LogP contribution in [0.3, 0.4) is 0 Å². The number of carbonyl (C=O) groups is 1. The van der Waals surface area contributed by atoms with Crippen LogP contribution in [-0.4, -0.2) is 23.0 Å². The molecule has 0 unspecified atom stereocenters. The molecule has 0 atom stereocenters. The van der Waals surface area contributed by atoms with E-state index < -0.39 is 5.97 Å². The molecular formula is C6H4BrClN2O2. The minimum atomic E-state index is -0.597. The number of nitrogens with zero attached hydrogens (tertiary/aromatic N) is 2. The van der Waals surface area contributed by atoms with Gasteiger partial charge in [0.25, 0.3) is 0 Å². The van der Waals surface area contributed by atoms with Crippen LogP contribution in [0.4, 0.5) is 0 Å². The van der Waals surface area contributed by atoms with Gasteiger partial charge in [-0.1, -0.05) is 11.6 Å². The van der Waals surface area contributed by atoms with Crippen molar-refractivity contribution < 1.29 is 9.53 Å². The molecule has 0 aliphatic heterocycles. The fourth-order valence-electron chi connectivity index (χ4n) is 0.580. The molecule has 0 saturated heterocycles. The summed E-state index contributed by atoms with van der Waals surface area (Å²) < 4.78 is 4.89. The molecule has 0 fully saturated rings. The van der Waals surface area contributed by atoms with Gasteiger partial charge in [0, 0.05) is 0 Å². The molecule has 12 heavy (non-hydrogen) atoms. The zero-order chi connectivity index (χ0) is 9.14. The van der Waals surface area contributed by atoms with E-state index in [1.165, 1.54) is 13.3 Å². The number of carbonyl (C=O) groups excluding carboxylic acids is 1. The quantitative estimate of drug-likeness (QED) is 0.713. The first-order valence-electron chi connectivity index (χ1n) is 2.91. The first-order valence-corrected chi connectivity index (χ1v) is 4.08. The van der Waals surface area contributed by atoms with E-state index in [4.69, 9.17) is 11.6 Å². The Balaban J connectivity index is 3.09. The van der Waals surface area contributed by atoms with Crippen molar-refractivity contribution in [3.63, 3.8) is 0 Å². The summed E-state index contributed by atoms with van der Waals surface area (Å²) in [5.41, 5.74) is 0.0161. The molecular weight excluding hydrogens is 247 g/mol. The van der Waals surface area contributed by atoms with E-state index in [2.05, 4.69) is 30.6 Å². The molecule has 0 amide bonds. The predicted octanol–water partition coefficient (Wildman–Crippen LogP) is 1.68. The fraction of sp³-hybridized carbons (Fsp3) is 0.167. The highest BCUT2D eigenvalue weighted by Gasteiger charge is 2.13. The monoisotopic (exact) mass is 250 g/mol. The molecule has 0 spiro atoms. The lowest BCUT2D eigenvalue weighted by Crippen LogP contribution is -2.06. The number of esters is 1. The van der Waals surface area contributed by atoms with E-state index in [0.29, 0.717) is 4.60 Å². The van der Waals surface area contributed by atoms with E-state index in [-0.39, 0.29) is 10.8 Å². The number of hydrogen-bond acceptors (Lipinski definition) is 4. The highest BCUT2D eigenvalue weighted by molar-refractivity contribution is 9.10. The maximum atomic E-state index is 10.9. The van der Waals surface area contributed by atoms with E-state index in [1.54, 1.807) is 0 Å². The Hall–Kier alpha value is -0.680. The van der Waals surface area contributed by atoms with Crippen LogP contribution in [0.25, 0.3) is 0 Å². The van der Waals surface area contributed by atoms with Crippen LogP contribution < -0.4 is 0 Å². The summed E-state index contributed by atoms with van der Waals surface area (Å²) in [6.07, 6.45) is 1.37. The molecule has 0 bridgehead atoms. The minimum Gasteiger partial charge on any atom is -0.464 e. The number of halogens is 2. The molecule has 0 N–H and O–H groups in total. The Morgan fingerprint density at radius 1 is 1.75 bits per heavy atom. The number of hydrogen-bond donors (Lipinski definition) is 0. The molecule has 1 rings (SSSR count). The molecule has 0 radical (unpaired) electrons. The Bertz CT molecular complexity index is 318. The highest BCUT2D eigenvalue weighted by Crippen LogP contribution is 2.14. The molecule has 0 aliphatic carbocycles. The molecule has 6 heteroatoms. The van der Waals surface area contributed by atoms with E-state index in [9.17, 15) is 4.79 Å². The fourth-order valence-corrected chi connectivity index (χ4v) is 1.18. The summed E-state index contributed by atoms with van der Waals surface area (Å²) in [4.78, 5) is 18.4. The molecule has 4 nitrogen and oxygen atoms in total. The van der Waals surface area contributed by atoms with Crippen molar-refractivity contribution >= 4 is 33.5 Å². The second-order valence-electron chi connectivity index (χ2n) is 1.82. The average Bonchev–Trinajstić information content (AvgIpc) is 2.03. The lowest BCUT2D eigenvalue weighted by atomic mass is 10.5. The zero-order valence-electron chi connectivity index (χ0n) is 6.04. The number of aromatic nitrogens is 2.